The minimum absolute atomic E-state index is 0.0944. The molecule has 0 saturated carbocycles. The van der Waals surface area contributed by atoms with Crippen molar-refractivity contribution in [2.24, 2.45) is 11.8 Å². The summed E-state index contributed by atoms with van der Waals surface area (Å²) in [7, 11) is 0. The van der Waals surface area contributed by atoms with Crippen molar-refractivity contribution in [3.8, 4) is 0 Å². The number of rotatable bonds is 14. The maximum atomic E-state index is 11.7. The Morgan fingerprint density at radius 1 is 0.938 bits per heavy atom. The van der Waals surface area contributed by atoms with Crippen molar-refractivity contribution in [3.05, 3.63) is 0 Å². The van der Waals surface area contributed by atoms with Crippen molar-refractivity contribution >= 4 is 30.3 Å². The Labute approximate surface area is 199 Å². The third-order valence-electron chi connectivity index (χ3n) is 7.30. The van der Waals surface area contributed by atoms with Crippen molar-refractivity contribution in [2.45, 2.75) is 116 Å². The first-order valence-electron chi connectivity index (χ1n) is 12.9. The first-order chi connectivity index (χ1) is 15.3. The van der Waals surface area contributed by atoms with E-state index in [1.807, 2.05) is 0 Å². The third-order valence-corrected chi connectivity index (χ3v) is 23.4. The Morgan fingerprint density at radius 3 is 2.03 bits per heavy atom. The molecule has 0 unspecified atom stereocenters. The number of unbranched alkanes of at least 4 members (excludes halogenated alkanes) is 3. The van der Waals surface area contributed by atoms with Gasteiger partial charge in [-0.1, -0.05) is 0 Å². The molecule has 32 heavy (non-hydrogen) atoms. The van der Waals surface area contributed by atoms with Gasteiger partial charge in [-0.3, -0.25) is 0 Å². The van der Waals surface area contributed by atoms with Crippen LogP contribution in [0.25, 0.3) is 0 Å². The van der Waals surface area contributed by atoms with Crippen molar-refractivity contribution in [2.75, 3.05) is 13.2 Å². The van der Waals surface area contributed by atoms with Gasteiger partial charge in [-0.05, 0) is 0 Å². The van der Waals surface area contributed by atoms with E-state index in [4.69, 9.17) is 18.9 Å². The zero-order chi connectivity index (χ0) is 23.6. The van der Waals surface area contributed by atoms with Crippen LogP contribution >= 0.6 is 0 Å². The first-order valence-corrected chi connectivity index (χ1v) is 21.0. The number of esters is 2. The van der Waals surface area contributed by atoms with E-state index in [2.05, 4.69) is 20.8 Å². The maximum absolute atomic E-state index is 11.7. The molecular weight excluding hydrogens is 515 g/mol. The van der Waals surface area contributed by atoms with Crippen molar-refractivity contribution < 1.29 is 28.5 Å². The molecule has 186 valence electrons. The number of carbonyl (C=O) groups excluding carboxylic acids is 2. The van der Waals surface area contributed by atoms with Crippen molar-refractivity contribution in [1.29, 1.82) is 0 Å². The summed E-state index contributed by atoms with van der Waals surface area (Å²) in [6, 6.07) is 0. The van der Waals surface area contributed by atoms with Crippen LogP contribution in [-0.4, -0.2) is 62.0 Å². The van der Waals surface area contributed by atoms with Crippen LogP contribution in [0.3, 0.4) is 0 Å². The zero-order valence-electron chi connectivity index (χ0n) is 21.0. The second-order valence-electron chi connectivity index (χ2n) is 10.0. The molecule has 0 spiro atoms. The molecule has 2 saturated heterocycles. The average Bonchev–Trinajstić information content (AvgIpc) is 3.13. The fourth-order valence-electron chi connectivity index (χ4n) is 5.60. The van der Waals surface area contributed by atoms with E-state index in [0.29, 0.717) is 5.92 Å². The zero-order valence-corrected chi connectivity index (χ0v) is 23.9. The SMILES string of the molecule is CCC[CH2][Sn]([CH2]CCC)([CH2]CCC)[CH2][C@@H]1CO[C@H]2O[C@H](COC(C)=O)[C@@H](OC(C)=O)C[C@@H]12. The molecule has 2 aliphatic rings. The van der Waals surface area contributed by atoms with E-state index in [-0.39, 0.29) is 36.9 Å². The van der Waals surface area contributed by atoms with Gasteiger partial charge in [0.25, 0.3) is 0 Å². The summed E-state index contributed by atoms with van der Waals surface area (Å²) in [5, 5.41) is 0. The quantitative estimate of drug-likeness (QED) is 0.200. The molecule has 2 fully saturated rings. The van der Waals surface area contributed by atoms with Crippen LogP contribution in [0.15, 0.2) is 0 Å². The minimum atomic E-state index is -2.32. The van der Waals surface area contributed by atoms with Crippen molar-refractivity contribution in [3.63, 3.8) is 0 Å². The number of hydrogen-bond acceptors (Lipinski definition) is 6. The summed E-state index contributed by atoms with van der Waals surface area (Å²) in [6.07, 6.45) is 7.53. The van der Waals surface area contributed by atoms with Crippen LogP contribution in [0.4, 0.5) is 0 Å². The molecule has 0 bridgehead atoms. The molecule has 2 aliphatic heterocycles. The van der Waals surface area contributed by atoms with Gasteiger partial charge in [-0.25, -0.2) is 0 Å². The number of hydrogen-bond donors (Lipinski definition) is 0. The van der Waals surface area contributed by atoms with Gasteiger partial charge in [0.2, 0.25) is 0 Å². The first kappa shape index (κ1) is 27.9. The topological polar surface area (TPSA) is 71.1 Å². The molecule has 0 aromatic rings. The molecule has 7 heteroatoms. The van der Waals surface area contributed by atoms with E-state index >= 15 is 0 Å². The number of carbonyl (C=O) groups is 2. The summed E-state index contributed by atoms with van der Waals surface area (Å²) in [5.41, 5.74) is 0. The van der Waals surface area contributed by atoms with Gasteiger partial charge in [-0.2, -0.15) is 0 Å². The van der Waals surface area contributed by atoms with Crippen LogP contribution in [0, 0.1) is 11.8 Å². The molecular formula is C25H46O6Sn. The monoisotopic (exact) mass is 562 g/mol. The molecule has 2 heterocycles. The Hall–Kier alpha value is -0.341. The molecule has 0 aromatic carbocycles. The molecule has 5 atom stereocenters. The second kappa shape index (κ2) is 14.1. The predicted octanol–water partition coefficient (Wildman–Crippen LogP) is 5.71. The van der Waals surface area contributed by atoms with E-state index in [9.17, 15) is 9.59 Å². The van der Waals surface area contributed by atoms with E-state index in [1.54, 1.807) is 0 Å². The molecule has 0 radical (unpaired) electrons. The Balaban J connectivity index is 2.15. The van der Waals surface area contributed by atoms with Gasteiger partial charge in [0, 0.05) is 0 Å². The molecule has 6 nitrogen and oxygen atoms in total. The van der Waals surface area contributed by atoms with E-state index in [0.717, 1.165) is 13.0 Å². The van der Waals surface area contributed by atoms with Crippen LogP contribution < -0.4 is 0 Å². The Bertz CT molecular complexity index is 561. The number of fused-ring (bicyclic) bond motifs is 1. The third kappa shape index (κ3) is 8.46. The molecule has 0 amide bonds. The van der Waals surface area contributed by atoms with Crippen LogP contribution in [0.2, 0.25) is 17.7 Å². The molecule has 0 aromatic heterocycles. The molecule has 0 N–H and O–H groups in total. The summed E-state index contributed by atoms with van der Waals surface area (Å²) >= 11 is -2.32. The van der Waals surface area contributed by atoms with Gasteiger partial charge < -0.3 is 0 Å². The van der Waals surface area contributed by atoms with Gasteiger partial charge in [0.05, 0.1) is 0 Å². The normalized spacial score (nSPS) is 27.7. The standard InChI is InChI=1S/C13H19O6.3C4H9.Sn/c1-7-5-17-13-10(7)4-11(18-9(3)15)12(19-13)6-16-8(2)14;3*1-3-4-2;/h7,10-13H,1,4-6H2,2-3H3;3*1,3-4H2,2H3;/t7-,10+,11+,12-,13+;;;;/m1..../s1. The Morgan fingerprint density at radius 2 is 1.53 bits per heavy atom. The fraction of sp³-hybridized carbons (Fsp3) is 0.920. The summed E-state index contributed by atoms with van der Waals surface area (Å²) in [6.45, 7) is 10.6. The van der Waals surface area contributed by atoms with E-state index in [1.165, 1.54) is 70.1 Å². The van der Waals surface area contributed by atoms with Crippen LogP contribution in [0.1, 0.15) is 79.6 Å². The summed E-state index contributed by atoms with van der Waals surface area (Å²) < 4.78 is 29.0. The predicted molar refractivity (Wildman–Crippen MR) is 128 cm³/mol. The van der Waals surface area contributed by atoms with Crippen LogP contribution in [0.5, 0.6) is 0 Å². The molecule has 2 rings (SSSR count). The van der Waals surface area contributed by atoms with Gasteiger partial charge in [-0.15, -0.1) is 0 Å². The summed E-state index contributed by atoms with van der Waals surface area (Å²) in [5.74, 6) is 0.0785. The van der Waals surface area contributed by atoms with Gasteiger partial charge in [0.1, 0.15) is 0 Å². The van der Waals surface area contributed by atoms with Gasteiger partial charge in [0.15, 0.2) is 0 Å². The van der Waals surface area contributed by atoms with Gasteiger partial charge >= 0.3 is 200 Å². The summed E-state index contributed by atoms with van der Waals surface area (Å²) in [4.78, 5) is 23.0. The Kier molecular flexibility index (Phi) is 12.3. The van der Waals surface area contributed by atoms with E-state index < -0.39 is 24.5 Å². The van der Waals surface area contributed by atoms with Crippen LogP contribution in [-0.2, 0) is 28.5 Å². The number of ether oxygens (including phenoxy) is 4. The second-order valence-corrected chi connectivity index (χ2v) is 24.0. The fourth-order valence-corrected chi connectivity index (χ4v) is 23.3. The molecule has 0 aliphatic carbocycles. The van der Waals surface area contributed by atoms with Crippen molar-refractivity contribution in [1.82, 2.24) is 0 Å². The average molecular weight is 561 g/mol.